The summed E-state index contributed by atoms with van der Waals surface area (Å²) in [4.78, 5) is 0. The van der Waals surface area contributed by atoms with Crippen molar-refractivity contribution in [1.29, 1.82) is 0 Å². The van der Waals surface area contributed by atoms with Crippen LogP contribution in [0.2, 0.25) is 0 Å². The molecular weight excluding hydrogens is 259 g/mol. The van der Waals surface area contributed by atoms with Crippen LogP contribution in [-0.4, -0.2) is 22.5 Å². The Morgan fingerprint density at radius 3 is 1.25 bits per heavy atom. The molecule has 0 aromatic carbocycles. The van der Waals surface area contributed by atoms with E-state index in [1.54, 1.807) is 0 Å². The molecule has 0 amide bonds. The molecule has 4 heteroatoms. The zero-order chi connectivity index (χ0) is 2.00. The Morgan fingerprint density at radius 1 is 1.25 bits per heavy atom. The van der Waals surface area contributed by atoms with Crippen molar-refractivity contribution in [3.05, 3.63) is 0 Å². The average Bonchev–Trinajstić information content (AvgIpc) is 1.00. The monoisotopic (exact) mass is 258 g/mol. The van der Waals surface area contributed by atoms with Gasteiger partial charge in [-0.25, -0.2) is 0 Å². The molecule has 0 aliphatic rings. The van der Waals surface area contributed by atoms with Crippen LogP contribution in [0, 0.1) is 0 Å². The third kappa shape index (κ3) is 9.31. The summed E-state index contributed by atoms with van der Waals surface area (Å²) < 4.78 is 8.34. The molecule has 0 bridgehead atoms. The Balaban J connectivity index is -0.00000000500. The Hall–Kier alpha value is 1.72. The summed E-state index contributed by atoms with van der Waals surface area (Å²) in [6.07, 6.45) is 0. The van der Waals surface area contributed by atoms with Crippen molar-refractivity contribution in [2.75, 3.05) is 0 Å². The van der Waals surface area contributed by atoms with Gasteiger partial charge in [0.15, 0.2) is 0 Å². The molecule has 0 unspecified atom stereocenters. The molecule has 0 rings (SSSR count). The third-order valence-corrected chi connectivity index (χ3v) is 0. The van der Waals surface area contributed by atoms with Gasteiger partial charge >= 0.3 is 25.6 Å². The molecule has 0 aromatic rings. The Bertz CT molecular complexity index is 8.00. The Labute approximate surface area is 61.1 Å². The quantitative estimate of drug-likeness (QED) is 0.536. The van der Waals surface area contributed by atoms with Crippen LogP contribution in [0.4, 0.5) is 0 Å². The van der Waals surface area contributed by atoms with E-state index in [4.69, 9.17) is 3.08 Å². The van der Waals surface area contributed by atoms with E-state index in [-0.39, 0.29) is 36.0 Å². The summed E-state index contributed by atoms with van der Waals surface area (Å²) >= 11 is 0.300. The second kappa shape index (κ2) is 22.1. The fourth-order valence-corrected chi connectivity index (χ4v) is 0. The summed E-state index contributed by atoms with van der Waals surface area (Å²) in [5.74, 6) is 0. The fraction of sp³-hybridized carbons (Fsp3) is 0. The van der Waals surface area contributed by atoms with E-state index in [1.807, 2.05) is 0 Å². The van der Waals surface area contributed by atoms with Crippen molar-refractivity contribution in [1.82, 2.24) is 0 Å². The molecule has 0 fully saturated rings. The second-order valence-corrected chi connectivity index (χ2v) is 0. The minimum atomic E-state index is 0. The predicted octanol–water partition coefficient (Wildman–Crippen LogP) is -0.505. The zero-order valence-electron chi connectivity index (χ0n) is 1.93. The van der Waals surface area contributed by atoms with Crippen molar-refractivity contribution in [3.63, 3.8) is 0 Å². The number of rotatable bonds is 0. The molecule has 1 nitrogen and oxygen atoms in total. The molecule has 0 aliphatic carbocycles. The largest absolute Gasteiger partial charge is 0 e. The van der Waals surface area contributed by atoms with Crippen molar-refractivity contribution in [2.45, 2.75) is 0 Å². The van der Waals surface area contributed by atoms with Crippen molar-refractivity contribution < 1.29 is 39.0 Å². The first-order valence-electron chi connectivity index (χ1n) is 0.204. The average molecular weight is 259 g/mol. The second-order valence-electron chi connectivity index (χ2n) is 0. The molecule has 0 saturated heterocycles. The summed E-state index contributed by atoms with van der Waals surface area (Å²) in [7, 11) is 0. The molecule has 0 heterocycles. The molecule has 0 saturated carbocycles. The van der Waals surface area contributed by atoms with Crippen LogP contribution >= 0.6 is 0 Å². The summed E-state index contributed by atoms with van der Waals surface area (Å²) in [5, 5.41) is 0. The molecule has 4 heavy (non-hydrogen) atoms. The smallest absolute Gasteiger partial charge is 0 e. The van der Waals surface area contributed by atoms with Crippen molar-refractivity contribution in [2.24, 2.45) is 0 Å². The number of hydrogen-bond donors (Lipinski definition) is 0. The van der Waals surface area contributed by atoms with Gasteiger partial charge in [-0.2, -0.15) is 0 Å². The van der Waals surface area contributed by atoms with Gasteiger partial charge < -0.3 is 0 Å². The first-order chi connectivity index (χ1) is 1.00. The molecular formula is NiOSnZn. The van der Waals surface area contributed by atoms with Gasteiger partial charge in [-0.05, 0) is 0 Å². The molecule has 0 spiro atoms. The van der Waals surface area contributed by atoms with Gasteiger partial charge in [0.25, 0.3) is 0 Å². The first kappa shape index (κ1) is 17.2. The minimum Gasteiger partial charge on any atom is 0 e. The van der Waals surface area contributed by atoms with Crippen LogP contribution in [0.25, 0.3) is 0 Å². The van der Waals surface area contributed by atoms with Gasteiger partial charge in [-0.15, -0.1) is 0 Å². The minimum absolute atomic E-state index is 0. The van der Waals surface area contributed by atoms with Crippen LogP contribution in [0.3, 0.4) is 0 Å². The van der Waals surface area contributed by atoms with Gasteiger partial charge in [0.1, 0.15) is 0 Å². The van der Waals surface area contributed by atoms with E-state index in [1.165, 1.54) is 0 Å². The van der Waals surface area contributed by atoms with Gasteiger partial charge in [-0.3, -0.25) is 0 Å². The summed E-state index contributed by atoms with van der Waals surface area (Å²) in [6.45, 7) is 0. The van der Waals surface area contributed by atoms with Gasteiger partial charge in [0, 0.05) is 36.0 Å². The zero-order valence-corrected chi connectivity index (χ0v) is 8.74. The van der Waals surface area contributed by atoms with Crippen molar-refractivity contribution in [3.8, 4) is 0 Å². The molecule has 0 aromatic heterocycles. The Kier molecular flexibility index (Phi) is 95.3. The SMILES string of the molecule is [Ni].[O]=[Sn].[Zn]. The predicted molar refractivity (Wildman–Crippen MR) is 6.44 cm³/mol. The van der Waals surface area contributed by atoms with E-state index in [9.17, 15) is 0 Å². The van der Waals surface area contributed by atoms with E-state index in [0.29, 0.717) is 22.5 Å². The van der Waals surface area contributed by atoms with Gasteiger partial charge in [-0.1, -0.05) is 0 Å². The molecule has 0 atom stereocenters. The van der Waals surface area contributed by atoms with Crippen LogP contribution in [0.5, 0.6) is 0 Å². The van der Waals surface area contributed by atoms with Crippen LogP contribution < -0.4 is 0 Å². The standard InChI is InChI=1S/Ni.O.Sn.Zn. The third-order valence-electron chi connectivity index (χ3n) is 0. The Morgan fingerprint density at radius 2 is 1.25 bits per heavy atom. The van der Waals surface area contributed by atoms with Crippen LogP contribution in [-0.2, 0) is 39.0 Å². The van der Waals surface area contributed by atoms with Crippen LogP contribution in [0.15, 0.2) is 0 Å². The fourth-order valence-electron chi connectivity index (χ4n) is 0. The van der Waals surface area contributed by atoms with Gasteiger partial charge in [0.2, 0.25) is 0 Å². The summed E-state index contributed by atoms with van der Waals surface area (Å²) in [5.41, 5.74) is 0. The molecule has 0 aliphatic heterocycles. The van der Waals surface area contributed by atoms with E-state index >= 15 is 0 Å². The number of hydrogen-bond acceptors (Lipinski definition) is 1. The first-order valence-corrected chi connectivity index (χ1v) is 1.37. The van der Waals surface area contributed by atoms with E-state index in [2.05, 4.69) is 0 Å². The van der Waals surface area contributed by atoms with Crippen LogP contribution in [0.1, 0.15) is 0 Å². The van der Waals surface area contributed by atoms with E-state index in [0.717, 1.165) is 0 Å². The van der Waals surface area contributed by atoms with Gasteiger partial charge in [0.05, 0.1) is 0 Å². The van der Waals surface area contributed by atoms with E-state index < -0.39 is 0 Å². The maximum atomic E-state index is 8.34. The molecule has 0 N–H and O–H groups in total. The maximum absolute atomic E-state index is 8.34. The topological polar surface area (TPSA) is 17.1 Å². The van der Waals surface area contributed by atoms with Crippen molar-refractivity contribution >= 4 is 22.5 Å². The maximum Gasteiger partial charge on any atom is 0 e. The molecule has 2 radical (unpaired) electrons. The normalized spacial score (nSPS) is 1.00. The molecule has 22 valence electrons. The summed E-state index contributed by atoms with van der Waals surface area (Å²) in [6, 6.07) is 0.